The highest BCUT2D eigenvalue weighted by Crippen LogP contribution is 2.40. The minimum atomic E-state index is -3.59. The van der Waals surface area contributed by atoms with Crippen LogP contribution in [-0.2, 0) is 16.6 Å². The zero-order valence-electron chi connectivity index (χ0n) is 24.1. The summed E-state index contributed by atoms with van der Waals surface area (Å²) >= 11 is 0. The summed E-state index contributed by atoms with van der Waals surface area (Å²) < 4.78 is 45.5. The van der Waals surface area contributed by atoms with Crippen molar-refractivity contribution in [3.05, 3.63) is 54.4 Å². The smallest absolute Gasteiger partial charge is 0.243 e. The average Bonchev–Trinajstić information content (AvgIpc) is 2.98. The number of pyridine rings is 1. The SMILES string of the molecule is CCCN(CCCCN1CCN(Cc2ccc(OC)c(OC)c2OC)CC1)S(=O)(=O)c1cccc2cnccc12. The van der Waals surface area contributed by atoms with Gasteiger partial charge in [0.2, 0.25) is 15.8 Å². The van der Waals surface area contributed by atoms with E-state index in [0.717, 1.165) is 80.6 Å². The predicted molar refractivity (Wildman–Crippen MR) is 158 cm³/mol. The Bertz CT molecular complexity index is 1350. The van der Waals surface area contributed by atoms with Gasteiger partial charge in [-0.15, -0.1) is 0 Å². The van der Waals surface area contributed by atoms with Gasteiger partial charge >= 0.3 is 0 Å². The summed E-state index contributed by atoms with van der Waals surface area (Å²) in [6, 6.07) is 11.1. The molecule has 0 bridgehead atoms. The summed E-state index contributed by atoms with van der Waals surface area (Å²) in [6.45, 7) is 8.70. The number of sulfonamides is 1. The van der Waals surface area contributed by atoms with Gasteiger partial charge in [0.1, 0.15) is 0 Å². The molecule has 1 aliphatic rings. The van der Waals surface area contributed by atoms with Crippen LogP contribution in [-0.4, -0.2) is 94.6 Å². The van der Waals surface area contributed by atoms with E-state index in [9.17, 15) is 8.42 Å². The van der Waals surface area contributed by atoms with Crippen molar-refractivity contribution in [2.45, 2.75) is 37.6 Å². The van der Waals surface area contributed by atoms with Gasteiger partial charge in [0.05, 0.1) is 26.2 Å². The lowest BCUT2D eigenvalue weighted by Gasteiger charge is -2.35. The molecule has 10 heteroatoms. The Balaban J connectivity index is 1.28. The van der Waals surface area contributed by atoms with Crippen LogP contribution in [0.3, 0.4) is 0 Å². The summed E-state index contributed by atoms with van der Waals surface area (Å²) in [6.07, 6.45) is 5.92. The molecule has 9 nitrogen and oxygen atoms in total. The third kappa shape index (κ3) is 6.86. The van der Waals surface area contributed by atoms with Crippen LogP contribution in [0, 0.1) is 0 Å². The highest BCUT2D eigenvalue weighted by molar-refractivity contribution is 7.89. The quantitative estimate of drug-likeness (QED) is 0.266. The molecule has 218 valence electrons. The third-order valence-corrected chi connectivity index (χ3v) is 9.46. The van der Waals surface area contributed by atoms with E-state index in [1.54, 1.807) is 56.2 Å². The second-order valence-electron chi connectivity index (χ2n) is 10.1. The number of unbranched alkanes of at least 4 members (excludes halogenated alkanes) is 1. The fourth-order valence-electron chi connectivity index (χ4n) is 5.38. The first-order chi connectivity index (χ1) is 19.4. The summed E-state index contributed by atoms with van der Waals surface area (Å²) in [5.74, 6) is 2.00. The first kappa shape index (κ1) is 30.0. The molecule has 4 rings (SSSR count). The van der Waals surface area contributed by atoms with Gasteiger partial charge in [0, 0.05) is 74.5 Å². The average molecular weight is 571 g/mol. The number of benzene rings is 2. The summed E-state index contributed by atoms with van der Waals surface area (Å²) in [7, 11) is 1.32. The largest absolute Gasteiger partial charge is 0.493 e. The second kappa shape index (κ2) is 14.1. The fourth-order valence-corrected chi connectivity index (χ4v) is 7.17. The molecule has 40 heavy (non-hydrogen) atoms. The van der Waals surface area contributed by atoms with Crippen LogP contribution in [0.4, 0.5) is 0 Å². The van der Waals surface area contributed by atoms with Crippen molar-refractivity contribution in [1.82, 2.24) is 19.1 Å². The maximum absolute atomic E-state index is 13.6. The van der Waals surface area contributed by atoms with Crippen molar-refractivity contribution in [3.63, 3.8) is 0 Å². The molecule has 1 aliphatic heterocycles. The van der Waals surface area contributed by atoms with Crippen LogP contribution < -0.4 is 14.2 Å². The molecule has 2 aromatic carbocycles. The minimum absolute atomic E-state index is 0.364. The number of piperazine rings is 1. The van der Waals surface area contributed by atoms with Gasteiger partial charge in [-0.2, -0.15) is 4.31 Å². The van der Waals surface area contributed by atoms with Gasteiger partial charge in [0.15, 0.2) is 11.5 Å². The highest BCUT2D eigenvalue weighted by atomic mass is 32.2. The zero-order chi connectivity index (χ0) is 28.5. The van der Waals surface area contributed by atoms with Gasteiger partial charge in [0.25, 0.3) is 0 Å². The minimum Gasteiger partial charge on any atom is -0.493 e. The Kier molecular flexibility index (Phi) is 10.6. The topological polar surface area (TPSA) is 84.4 Å². The van der Waals surface area contributed by atoms with Crippen molar-refractivity contribution in [2.75, 3.05) is 67.1 Å². The van der Waals surface area contributed by atoms with E-state index in [0.29, 0.717) is 29.5 Å². The molecule has 0 spiro atoms. The van der Waals surface area contributed by atoms with E-state index in [-0.39, 0.29) is 0 Å². The van der Waals surface area contributed by atoms with Crippen molar-refractivity contribution < 1.29 is 22.6 Å². The third-order valence-electron chi connectivity index (χ3n) is 7.51. The molecular weight excluding hydrogens is 528 g/mol. The molecule has 1 aromatic heterocycles. The standard InChI is InChI=1S/C30H42N4O5S/c1-5-15-34(40(35,36)28-10-8-9-24-22-31-14-13-26(24)28)17-7-6-16-32-18-20-33(21-19-32)23-25-11-12-27(37-2)30(39-4)29(25)38-3/h8-14,22H,5-7,15-21,23H2,1-4H3. The van der Waals surface area contributed by atoms with Crippen molar-refractivity contribution in [3.8, 4) is 17.2 Å². The van der Waals surface area contributed by atoms with E-state index in [1.165, 1.54) is 0 Å². The lowest BCUT2D eigenvalue weighted by atomic mass is 10.1. The molecule has 0 radical (unpaired) electrons. The van der Waals surface area contributed by atoms with E-state index >= 15 is 0 Å². The van der Waals surface area contributed by atoms with Gasteiger partial charge in [-0.05, 0) is 44.0 Å². The summed E-state index contributed by atoms with van der Waals surface area (Å²) in [5.41, 5.74) is 1.08. The van der Waals surface area contributed by atoms with E-state index in [4.69, 9.17) is 14.2 Å². The molecular formula is C30H42N4O5S. The van der Waals surface area contributed by atoms with E-state index in [1.807, 2.05) is 25.1 Å². The Hall–Kier alpha value is -2.92. The van der Waals surface area contributed by atoms with Crippen molar-refractivity contribution in [1.29, 1.82) is 0 Å². The van der Waals surface area contributed by atoms with E-state index < -0.39 is 10.0 Å². The van der Waals surface area contributed by atoms with Gasteiger partial charge in [-0.25, -0.2) is 8.42 Å². The maximum Gasteiger partial charge on any atom is 0.243 e. The van der Waals surface area contributed by atoms with Crippen molar-refractivity contribution >= 4 is 20.8 Å². The van der Waals surface area contributed by atoms with Gasteiger partial charge in [-0.1, -0.05) is 25.1 Å². The van der Waals surface area contributed by atoms with Crippen molar-refractivity contribution in [2.24, 2.45) is 0 Å². The van der Waals surface area contributed by atoms with Gasteiger partial charge < -0.3 is 19.1 Å². The molecule has 0 N–H and O–H groups in total. The molecule has 3 aromatic rings. The Morgan fingerprint density at radius 2 is 1.62 bits per heavy atom. The number of fused-ring (bicyclic) bond motifs is 1. The van der Waals surface area contributed by atoms with Crippen LogP contribution in [0.2, 0.25) is 0 Å². The van der Waals surface area contributed by atoms with E-state index in [2.05, 4.69) is 14.8 Å². The van der Waals surface area contributed by atoms with Crippen LogP contribution in [0.1, 0.15) is 31.7 Å². The predicted octanol–water partition coefficient (Wildman–Crippen LogP) is 4.26. The summed E-state index contributed by atoms with van der Waals surface area (Å²) in [5, 5.41) is 1.56. The first-order valence-corrected chi connectivity index (χ1v) is 15.4. The number of nitrogens with zero attached hydrogens (tertiary/aromatic N) is 4. The Labute approximate surface area is 238 Å². The van der Waals surface area contributed by atoms with Gasteiger partial charge in [-0.3, -0.25) is 9.88 Å². The Morgan fingerprint density at radius 1 is 0.875 bits per heavy atom. The molecule has 0 aliphatic carbocycles. The molecule has 0 unspecified atom stereocenters. The van der Waals surface area contributed by atoms with Crippen LogP contribution in [0.15, 0.2) is 53.7 Å². The zero-order valence-corrected chi connectivity index (χ0v) is 25.0. The first-order valence-electron chi connectivity index (χ1n) is 14.0. The monoisotopic (exact) mass is 570 g/mol. The molecule has 1 saturated heterocycles. The lowest BCUT2D eigenvalue weighted by molar-refractivity contribution is 0.124. The van der Waals surface area contributed by atoms with Crippen LogP contribution in [0.25, 0.3) is 10.8 Å². The second-order valence-corrected chi connectivity index (χ2v) is 12.0. The number of ether oxygens (including phenoxy) is 3. The molecule has 1 fully saturated rings. The number of hydrogen-bond donors (Lipinski definition) is 0. The number of aromatic nitrogens is 1. The number of rotatable bonds is 14. The maximum atomic E-state index is 13.6. The highest BCUT2D eigenvalue weighted by Gasteiger charge is 2.26. The van der Waals surface area contributed by atoms with Crippen LogP contribution >= 0.6 is 0 Å². The molecule has 2 heterocycles. The van der Waals surface area contributed by atoms with Crippen LogP contribution in [0.5, 0.6) is 17.2 Å². The molecule has 0 amide bonds. The summed E-state index contributed by atoms with van der Waals surface area (Å²) in [4.78, 5) is 9.40. The normalized spacial score (nSPS) is 15.0. The lowest BCUT2D eigenvalue weighted by Crippen LogP contribution is -2.46. The number of hydrogen-bond acceptors (Lipinski definition) is 8. The Morgan fingerprint density at radius 3 is 2.33 bits per heavy atom. The molecule has 0 atom stereocenters. The molecule has 0 saturated carbocycles. The fraction of sp³-hybridized carbons (Fsp3) is 0.500. The number of methoxy groups -OCH3 is 3.